The van der Waals surface area contributed by atoms with Crippen molar-refractivity contribution in [3.05, 3.63) is 23.8 Å². The topological polar surface area (TPSA) is 105 Å². The molecule has 1 atom stereocenters. The molecule has 0 aliphatic carbocycles. The average molecular weight is 375 g/mol. The molecule has 1 aromatic rings. The number of hydrogen-bond acceptors (Lipinski definition) is 6. The van der Waals surface area contributed by atoms with Gasteiger partial charge in [-0.25, -0.2) is 9.69 Å². The molecule has 2 aliphatic heterocycles. The van der Waals surface area contributed by atoms with Gasteiger partial charge in [0.05, 0.1) is 6.04 Å². The Hall–Kier alpha value is -3.10. The van der Waals surface area contributed by atoms with Gasteiger partial charge in [0.25, 0.3) is 0 Å². The van der Waals surface area contributed by atoms with Crippen molar-refractivity contribution >= 4 is 23.8 Å². The summed E-state index contributed by atoms with van der Waals surface area (Å²) < 4.78 is 11.0. The zero-order valence-corrected chi connectivity index (χ0v) is 15.4. The summed E-state index contributed by atoms with van der Waals surface area (Å²) in [6.07, 6.45) is 0. The lowest BCUT2D eigenvalue weighted by atomic mass is 10.1. The molecule has 1 aromatic carbocycles. The van der Waals surface area contributed by atoms with Gasteiger partial charge in [0.2, 0.25) is 5.91 Å². The molecule has 0 bridgehead atoms. The number of amides is 5. The predicted molar refractivity (Wildman–Crippen MR) is 93.1 cm³/mol. The van der Waals surface area contributed by atoms with Crippen LogP contribution in [0.1, 0.15) is 32.4 Å². The highest BCUT2D eigenvalue weighted by atomic mass is 16.6. The van der Waals surface area contributed by atoms with Crippen LogP contribution in [0.2, 0.25) is 0 Å². The Morgan fingerprint density at radius 2 is 1.74 bits per heavy atom. The molecule has 0 aromatic heterocycles. The minimum Gasteiger partial charge on any atom is -0.486 e. The van der Waals surface area contributed by atoms with Gasteiger partial charge in [-0.3, -0.25) is 19.3 Å². The third-order valence-corrected chi connectivity index (χ3v) is 4.35. The van der Waals surface area contributed by atoms with E-state index in [1.807, 2.05) is 0 Å². The Balaban J connectivity index is 1.64. The van der Waals surface area contributed by atoms with Gasteiger partial charge in [-0.1, -0.05) is 6.07 Å². The first-order valence-corrected chi connectivity index (χ1v) is 8.67. The Kier molecular flexibility index (Phi) is 5.02. The number of nitrogens with zero attached hydrogens (tertiary/aromatic N) is 2. The Labute approximate surface area is 156 Å². The van der Waals surface area contributed by atoms with E-state index in [0.29, 0.717) is 29.6 Å². The smallest absolute Gasteiger partial charge is 0.334 e. The van der Waals surface area contributed by atoms with Crippen molar-refractivity contribution in [1.29, 1.82) is 0 Å². The molecule has 2 heterocycles. The maximum absolute atomic E-state index is 12.3. The normalized spacial score (nSPS) is 17.6. The molecular weight excluding hydrogens is 354 g/mol. The van der Waals surface area contributed by atoms with E-state index < -0.39 is 42.4 Å². The zero-order valence-electron chi connectivity index (χ0n) is 15.4. The quantitative estimate of drug-likeness (QED) is 0.604. The summed E-state index contributed by atoms with van der Waals surface area (Å²) in [5, 5.41) is 2.72. The Bertz CT molecular complexity index is 806. The number of fused-ring (bicyclic) bond motifs is 1. The third-order valence-electron chi connectivity index (χ3n) is 4.35. The molecule has 0 spiro atoms. The van der Waals surface area contributed by atoms with Crippen molar-refractivity contribution in [2.24, 2.45) is 0 Å². The van der Waals surface area contributed by atoms with Gasteiger partial charge in [-0.15, -0.1) is 0 Å². The number of rotatable bonds is 5. The van der Waals surface area contributed by atoms with Crippen molar-refractivity contribution in [2.75, 3.05) is 19.8 Å². The minimum absolute atomic E-state index is 0.391. The first-order chi connectivity index (χ1) is 12.8. The van der Waals surface area contributed by atoms with E-state index in [1.165, 1.54) is 0 Å². The summed E-state index contributed by atoms with van der Waals surface area (Å²) in [5.41, 5.74) is 0.784. The summed E-state index contributed by atoms with van der Waals surface area (Å²) in [4.78, 5) is 49.9. The number of carbonyl (C=O) groups excluding carboxylic acids is 4. The molecular formula is C18H21N3O6. The summed E-state index contributed by atoms with van der Waals surface area (Å²) in [6.45, 7) is 5.44. The number of carbonyl (C=O) groups is 4. The summed E-state index contributed by atoms with van der Waals surface area (Å²) >= 11 is 0. The van der Waals surface area contributed by atoms with E-state index >= 15 is 0 Å². The van der Waals surface area contributed by atoms with Crippen LogP contribution in [0.25, 0.3) is 0 Å². The van der Waals surface area contributed by atoms with E-state index in [0.717, 1.165) is 10.5 Å². The largest absolute Gasteiger partial charge is 0.486 e. The fourth-order valence-electron chi connectivity index (χ4n) is 2.96. The second-order valence-electron chi connectivity index (χ2n) is 6.64. The second kappa shape index (κ2) is 7.26. The number of ether oxygens (including phenoxy) is 2. The molecule has 0 saturated carbocycles. The molecule has 9 nitrogen and oxygen atoms in total. The maximum Gasteiger partial charge on any atom is 0.334 e. The number of urea groups is 1. The van der Waals surface area contributed by atoms with Crippen LogP contribution in [0, 0.1) is 0 Å². The number of benzene rings is 1. The summed E-state index contributed by atoms with van der Waals surface area (Å²) in [6, 6.07) is 3.71. The molecule has 9 heteroatoms. The molecule has 27 heavy (non-hydrogen) atoms. The van der Waals surface area contributed by atoms with Gasteiger partial charge in [0.15, 0.2) is 11.5 Å². The van der Waals surface area contributed by atoms with E-state index in [2.05, 4.69) is 5.32 Å². The van der Waals surface area contributed by atoms with E-state index in [9.17, 15) is 19.2 Å². The number of nitrogens with one attached hydrogen (secondary N) is 1. The Morgan fingerprint density at radius 3 is 2.37 bits per heavy atom. The van der Waals surface area contributed by atoms with Crippen LogP contribution in [0.15, 0.2) is 18.2 Å². The summed E-state index contributed by atoms with van der Waals surface area (Å²) in [5.74, 6) is -1.21. The van der Waals surface area contributed by atoms with E-state index in [1.54, 1.807) is 39.0 Å². The van der Waals surface area contributed by atoms with Crippen LogP contribution >= 0.6 is 0 Å². The zero-order chi connectivity index (χ0) is 19.7. The van der Waals surface area contributed by atoms with Crippen LogP contribution < -0.4 is 14.8 Å². The molecule has 1 saturated heterocycles. The average Bonchev–Trinajstić information content (AvgIpc) is 2.84. The fraction of sp³-hybridized carbons (Fsp3) is 0.444. The molecule has 5 amide bonds. The molecule has 144 valence electrons. The van der Waals surface area contributed by atoms with Gasteiger partial charge >= 0.3 is 17.8 Å². The van der Waals surface area contributed by atoms with Gasteiger partial charge in [-0.05, 0) is 38.5 Å². The summed E-state index contributed by atoms with van der Waals surface area (Å²) in [7, 11) is 0. The Morgan fingerprint density at radius 1 is 1.07 bits per heavy atom. The van der Waals surface area contributed by atoms with Gasteiger partial charge in [0.1, 0.15) is 19.8 Å². The molecule has 1 N–H and O–H groups in total. The van der Waals surface area contributed by atoms with Crippen molar-refractivity contribution in [3.63, 3.8) is 0 Å². The molecule has 1 fully saturated rings. The highest BCUT2D eigenvalue weighted by molar-refractivity contribution is 6.45. The van der Waals surface area contributed by atoms with Crippen molar-refractivity contribution < 1.29 is 28.7 Å². The van der Waals surface area contributed by atoms with Crippen LogP contribution in [0.5, 0.6) is 11.5 Å². The number of hydrogen-bond donors (Lipinski definition) is 1. The van der Waals surface area contributed by atoms with E-state index in [4.69, 9.17) is 9.47 Å². The second-order valence-corrected chi connectivity index (χ2v) is 6.64. The lowest BCUT2D eigenvalue weighted by molar-refractivity contribution is -0.144. The monoisotopic (exact) mass is 375 g/mol. The van der Waals surface area contributed by atoms with Crippen LogP contribution in [0.3, 0.4) is 0 Å². The lowest BCUT2D eigenvalue weighted by Crippen LogP contribution is -2.43. The highest BCUT2D eigenvalue weighted by Crippen LogP contribution is 2.32. The van der Waals surface area contributed by atoms with Crippen molar-refractivity contribution in [3.8, 4) is 11.5 Å². The predicted octanol–water partition coefficient (Wildman–Crippen LogP) is 0.834. The molecule has 2 aliphatic rings. The molecule has 0 unspecified atom stereocenters. The maximum atomic E-state index is 12.3. The van der Waals surface area contributed by atoms with Crippen LogP contribution in [0.4, 0.5) is 4.79 Å². The third kappa shape index (κ3) is 3.57. The van der Waals surface area contributed by atoms with Crippen LogP contribution in [-0.2, 0) is 14.4 Å². The fourth-order valence-corrected chi connectivity index (χ4v) is 2.96. The first kappa shape index (κ1) is 18.7. The van der Waals surface area contributed by atoms with Gasteiger partial charge in [0, 0.05) is 6.04 Å². The minimum atomic E-state index is -0.990. The molecule has 0 radical (unpaired) electrons. The van der Waals surface area contributed by atoms with Gasteiger partial charge < -0.3 is 14.8 Å². The number of imide groups is 2. The van der Waals surface area contributed by atoms with Crippen molar-refractivity contribution in [1.82, 2.24) is 15.1 Å². The standard InChI is InChI=1S/C18H21N3O6/c1-10(2)21-17(24)16(23)20(18(21)25)9-15(22)19-11(3)12-4-5-13-14(8-12)27-7-6-26-13/h4-5,8,10-11H,6-7,9H2,1-3H3,(H,19,22)/t11-/m0/s1. The van der Waals surface area contributed by atoms with Crippen molar-refractivity contribution in [2.45, 2.75) is 32.9 Å². The molecule has 3 rings (SSSR count). The SMILES string of the molecule is CC(C)N1C(=O)C(=O)N(CC(=O)N[C@@H](C)c2ccc3c(c2)OCCO3)C1=O. The first-order valence-electron chi connectivity index (χ1n) is 8.67. The van der Waals surface area contributed by atoms with Crippen LogP contribution in [-0.4, -0.2) is 59.4 Å². The lowest BCUT2D eigenvalue weighted by Gasteiger charge is -2.22. The van der Waals surface area contributed by atoms with Gasteiger partial charge in [-0.2, -0.15) is 0 Å². The highest BCUT2D eigenvalue weighted by Gasteiger charge is 2.46. The van der Waals surface area contributed by atoms with E-state index in [-0.39, 0.29) is 0 Å².